The molecule has 0 radical (unpaired) electrons. The van der Waals surface area contributed by atoms with Gasteiger partial charge in [0, 0.05) is 12.8 Å². The van der Waals surface area contributed by atoms with Gasteiger partial charge in [-0.3, -0.25) is 4.98 Å². The third-order valence-electron chi connectivity index (χ3n) is 3.42. The molecule has 1 fully saturated rings. The number of ether oxygens (including phenoxy) is 1. The van der Waals surface area contributed by atoms with E-state index < -0.39 is 5.82 Å². The first-order valence-electron chi connectivity index (χ1n) is 6.96. The average molecular weight is 281 g/mol. The SMILES string of the molecule is CC[C@@H](NC(=O)NCc1ncccc1F)[C@H]1CCCO1. The minimum atomic E-state index is -0.418. The number of carbonyl (C=O) groups excluding carboxylic acids is 1. The first kappa shape index (κ1) is 14.7. The van der Waals surface area contributed by atoms with E-state index >= 15 is 0 Å². The van der Waals surface area contributed by atoms with Crippen molar-refractivity contribution in [2.24, 2.45) is 0 Å². The Bertz CT molecular complexity index is 450. The van der Waals surface area contributed by atoms with Gasteiger partial charge in [0.15, 0.2) is 0 Å². The second-order valence-electron chi connectivity index (χ2n) is 4.83. The maximum Gasteiger partial charge on any atom is 0.315 e. The van der Waals surface area contributed by atoms with E-state index in [2.05, 4.69) is 15.6 Å². The highest BCUT2D eigenvalue weighted by Crippen LogP contribution is 2.17. The summed E-state index contributed by atoms with van der Waals surface area (Å²) in [5, 5.41) is 5.49. The zero-order valence-electron chi connectivity index (χ0n) is 11.6. The number of nitrogens with one attached hydrogen (secondary N) is 2. The third-order valence-corrected chi connectivity index (χ3v) is 3.42. The van der Waals surface area contributed by atoms with Crippen LogP contribution >= 0.6 is 0 Å². The Kier molecular flexibility index (Phi) is 5.29. The molecule has 2 heterocycles. The largest absolute Gasteiger partial charge is 0.376 e. The molecule has 0 saturated carbocycles. The fourth-order valence-electron chi connectivity index (χ4n) is 2.31. The van der Waals surface area contributed by atoms with E-state index in [-0.39, 0.29) is 30.4 Å². The quantitative estimate of drug-likeness (QED) is 0.867. The van der Waals surface area contributed by atoms with Gasteiger partial charge in [-0.2, -0.15) is 0 Å². The van der Waals surface area contributed by atoms with Crippen LogP contribution in [0.1, 0.15) is 31.9 Å². The van der Waals surface area contributed by atoms with E-state index in [1.54, 1.807) is 0 Å². The maximum absolute atomic E-state index is 13.4. The number of hydrogen-bond donors (Lipinski definition) is 2. The highest BCUT2D eigenvalue weighted by molar-refractivity contribution is 5.74. The molecular formula is C14H20FN3O2. The Morgan fingerprint density at radius 3 is 3.15 bits per heavy atom. The fourth-order valence-corrected chi connectivity index (χ4v) is 2.31. The van der Waals surface area contributed by atoms with Crippen LogP contribution in [0, 0.1) is 5.82 Å². The Morgan fingerprint density at radius 1 is 1.65 bits per heavy atom. The van der Waals surface area contributed by atoms with E-state index in [4.69, 9.17) is 4.74 Å². The van der Waals surface area contributed by atoms with Crippen molar-refractivity contribution in [2.45, 2.75) is 44.9 Å². The molecule has 2 amide bonds. The van der Waals surface area contributed by atoms with Gasteiger partial charge in [0.05, 0.1) is 24.4 Å². The van der Waals surface area contributed by atoms with Gasteiger partial charge in [0.1, 0.15) is 5.82 Å². The van der Waals surface area contributed by atoms with Gasteiger partial charge in [-0.1, -0.05) is 6.92 Å². The van der Waals surface area contributed by atoms with Crippen molar-refractivity contribution in [1.82, 2.24) is 15.6 Å². The summed E-state index contributed by atoms with van der Waals surface area (Å²) >= 11 is 0. The van der Waals surface area contributed by atoms with Crippen LogP contribution in [0.25, 0.3) is 0 Å². The Morgan fingerprint density at radius 2 is 2.50 bits per heavy atom. The molecule has 5 nitrogen and oxygen atoms in total. The van der Waals surface area contributed by atoms with Gasteiger partial charge < -0.3 is 15.4 Å². The molecule has 2 atom stereocenters. The lowest BCUT2D eigenvalue weighted by Crippen LogP contribution is -2.47. The second kappa shape index (κ2) is 7.19. The lowest BCUT2D eigenvalue weighted by Gasteiger charge is -2.23. The monoisotopic (exact) mass is 281 g/mol. The highest BCUT2D eigenvalue weighted by Gasteiger charge is 2.25. The van der Waals surface area contributed by atoms with Gasteiger partial charge >= 0.3 is 6.03 Å². The summed E-state index contributed by atoms with van der Waals surface area (Å²) in [6.45, 7) is 2.83. The normalized spacial score (nSPS) is 19.6. The summed E-state index contributed by atoms with van der Waals surface area (Å²) < 4.78 is 18.9. The standard InChI is InChI=1S/C14H20FN3O2/c1-2-11(13-6-4-8-20-13)18-14(19)17-9-12-10(15)5-3-7-16-12/h3,5,7,11,13H,2,4,6,8-9H2,1H3,(H2,17,18,19)/t11-,13-/m1/s1. The molecule has 0 spiro atoms. The number of hydrogen-bond acceptors (Lipinski definition) is 3. The summed E-state index contributed by atoms with van der Waals surface area (Å²) in [6.07, 6.45) is 4.38. The van der Waals surface area contributed by atoms with Crippen molar-refractivity contribution < 1.29 is 13.9 Å². The molecule has 0 unspecified atom stereocenters. The minimum Gasteiger partial charge on any atom is -0.376 e. The molecule has 20 heavy (non-hydrogen) atoms. The number of amides is 2. The van der Waals surface area contributed by atoms with Crippen molar-refractivity contribution in [3.05, 3.63) is 29.8 Å². The average Bonchev–Trinajstić information content (AvgIpc) is 2.98. The van der Waals surface area contributed by atoms with E-state index in [0.29, 0.717) is 0 Å². The molecule has 2 rings (SSSR count). The van der Waals surface area contributed by atoms with Crippen molar-refractivity contribution in [3.8, 4) is 0 Å². The van der Waals surface area contributed by atoms with Crippen LogP contribution in [0.3, 0.4) is 0 Å². The summed E-state index contributed by atoms with van der Waals surface area (Å²) in [5.74, 6) is -0.418. The fraction of sp³-hybridized carbons (Fsp3) is 0.571. The molecule has 6 heteroatoms. The molecule has 1 aromatic rings. The van der Waals surface area contributed by atoms with Crippen LogP contribution in [-0.4, -0.2) is 29.8 Å². The van der Waals surface area contributed by atoms with Crippen LogP contribution in [0.15, 0.2) is 18.3 Å². The van der Waals surface area contributed by atoms with Gasteiger partial charge in [-0.05, 0) is 31.4 Å². The van der Waals surface area contributed by atoms with Crippen LogP contribution in [0.4, 0.5) is 9.18 Å². The Labute approximate surface area is 117 Å². The number of nitrogens with zero attached hydrogens (tertiary/aromatic N) is 1. The van der Waals surface area contributed by atoms with Crippen LogP contribution in [0.5, 0.6) is 0 Å². The maximum atomic E-state index is 13.4. The lowest BCUT2D eigenvalue weighted by molar-refractivity contribution is 0.0796. The van der Waals surface area contributed by atoms with Crippen molar-refractivity contribution >= 4 is 6.03 Å². The van der Waals surface area contributed by atoms with Crippen LogP contribution in [-0.2, 0) is 11.3 Å². The zero-order valence-corrected chi connectivity index (χ0v) is 11.6. The predicted octanol–water partition coefficient (Wildman–Crippen LogP) is 1.98. The summed E-state index contributed by atoms with van der Waals surface area (Å²) in [7, 11) is 0. The molecule has 1 aliphatic rings. The number of aromatic nitrogens is 1. The molecule has 2 N–H and O–H groups in total. The van der Waals surface area contributed by atoms with Crippen molar-refractivity contribution in [2.75, 3.05) is 6.61 Å². The molecule has 0 aliphatic carbocycles. The molecular weight excluding hydrogens is 261 g/mol. The Hall–Kier alpha value is -1.69. The number of carbonyl (C=O) groups is 1. The number of rotatable bonds is 5. The lowest BCUT2D eigenvalue weighted by atomic mass is 10.1. The van der Waals surface area contributed by atoms with Gasteiger partial charge in [0.25, 0.3) is 0 Å². The van der Waals surface area contributed by atoms with Gasteiger partial charge in [-0.15, -0.1) is 0 Å². The molecule has 1 aromatic heterocycles. The van der Waals surface area contributed by atoms with E-state index in [9.17, 15) is 9.18 Å². The molecule has 110 valence electrons. The minimum absolute atomic E-state index is 0.00826. The third kappa shape index (κ3) is 3.90. The van der Waals surface area contributed by atoms with E-state index in [0.717, 1.165) is 25.9 Å². The highest BCUT2D eigenvalue weighted by atomic mass is 19.1. The molecule has 0 aromatic carbocycles. The molecule has 1 aliphatic heterocycles. The van der Waals surface area contributed by atoms with E-state index in [1.807, 2.05) is 6.92 Å². The number of pyridine rings is 1. The van der Waals surface area contributed by atoms with Crippen LogP contribution < -0.4 is 10.6 Å². The second-order valence-corrected chi connectivity index (χ2v) is 4.83. The Balaban J connectivity index is 1.81. The summed E-state index contributed by atoms with van der Waals surface area (Å²) in [4.78, 5) is 15.7. The molecule has 0 bridgehead atoms. The van der Waals surface area contributed by atoms with Crippen molar-refractivity contribution in [3.63, 3.8) is 0 Å². The van der Waals surface area contributed by atoms with Crippen molar-refractivity contribution in [1.29, 1.82) is 0 Å². The van der Waals surface area contributed by atoms with Gasteiger partial charge in [-0.25, -0.2) is 9.18 Å². The zero-order chi connectivity index (χ0) is 14.4. The topological polar surface area (TPSA) is 63.2 Å². The van der Waals surface area contributed by atoms with Crippen LogP contribution in [0.2, 0.25) is 0 Å². The molecule has 1 saturated heterocycles. The first-order chi connectivity index (χ1) is 9.70. The van der Waals surface area contributed by atoms with Gasteiger partial charge in [0.2, 0.25) is 0 Å². The smallest absolute Gasteiger partial charge is 0.315 e. The van der Waals surface area contributed by atoms with E-state index in [1.165, 1.54) is 18.3 Å². The number of urea groups is 1. The summed E-state index contributed by atoms with van der Waals surface area (Å²) in [5.41, 5.74) is 0.229. The first-order valence-corrected chi connectivity index (χ1v) is 6.96. The summed E-state index contributed by atoms with van der Waals surface area (Å²) in [6, 6.07) is 2.51. The predicted molar refractivity (Wildman–Crippen MR) is 72.6 cm³/mol. The number of halogens is 1.